The van der Waals surface area contributed by atoms with Crippen LogP contribution in [0.3, 0.4) is 0 Å². The Morgan fingerprint density at radius 1 is 1.00 bits per heavy atom. The zero-order valence-electron chi connectivity index (χ0n) is 18.3. The van der Waals surface area contributed by atoms with E-state index in [9.17, 15) is 4.79 Å². The molecule has 0 N–H and O–H groups in total. The monoisotopic (exact) mass is 448 g/mol. The van der Waals surface area contributed by atoms with Gasteiger partial charge in [-0.3, -0.25) is 4.79 Å². The molecule has 2 aromatic rings. The third-order valence-corrected chi connectivity index (χ3v) is 6.02. The first kappa shape index (κ1) is 24.7. The first-order chi connectivity index (χ1) is 14.5. The lowest BCUT2D eigenvalue weighted by molar-refractivity contribution is -0.134. The summed E-state index contributed by atoms with van der Waals surface area (Å²) in [5.41, 5.74) is 1.92. The van der Waals surface area contributed by atoms with Gasteiger partial charge in [0.2, 0.25) is 0 Å². The van der Waals surface area contributed by atoms with Gasteiger partial charge in [0.1, 0.15) is 11.1 Å². The number of hydrogen-bond donors (Lipinski definition) is 0. The van der Waals surface area contributed by atoms with Gasteiger partial charge in [-0.05, 0) is 36.5 Å². The number of hydrogen-bond acceptors (Lipinski definition) is 5. The molecule has 1 heterocycles. The summed E-state index contributed by atoms with van der Waals surface area (Å²) in [6.07, 6.45) is 12.1. The second-order valence-electron chi connectivity index (χ2n) is 7.91. The van der Waals surface area contributed by atoms with Crippen molar-refractivity contribution in [3.63, 3.8) is 0 Å². The Balaban J connectivity index is 1.80. The molecule has 6 heteroatoms. The van der Waals surface area contributed by atoms with Crippen LogP contribution in [0.2, 0.25) is 0 Å². The summed E-state index contributed by atoms with van der Waals surface area (Å²) in [6.45, 7) is 6.29. The second-order valence-corrected chi connectivity index (χ2v) is 9.50. The minimum atomic E-state index is -0.625. The number of carbonyl (C=O) groups excluding carboxylic acids is 1. The van der Waals surface area contributed by atoms with E-state index in [0.29, 0.717) is 18.1 Å². The Morgan fingerprint density at radius 3 is 2.27 bits per heavy atom. The Labute approximate surface area is 190 Å². The molecule has 164 valence electrons. The fourth-order valence-electron chi connectivity index (χ4n) is 2.99. The number of unbranched alkanes of at least 4 members (excludes halogenated alkanes) is 5. The first-order valence-electron chi connectivity index (χ1n) is 10.9. The van der Waals surface area contributed by atoms with Crippen LogP contribution in [0.1, 0.15) is 65.7 Å². The molecule has 4 nitrogen and oxygen atoms in total. The minimum absolute atomic E-state index is 0.342. The van der Waals surface area contributed by atoms with E-state index in [4.69, 9.17) is 16.3 Å². The molecule has 1 aromatic heterocycles. The molecule has 0 aliphatic rings. The quantitative estimate of drug-likeness (QED) is 0.0812. The number of alkyl halides is 1. The fraction of sp³-hybridized carbons (Fsp3) is 0.542. The van der Waals surface area contributed by atoms with E-state index >= 15 is 0 Å². The van der Waals surface area contributed by atoms with E-state index in [1.165, 1.54) is 38.5 Å². The van der Waals surface area contributed by atoms with Gasteiger partial charge in [0.05, 0.1) is 0 Å². The number of benzene rings is 1. The number of halogens is 1. The number of thioether (sulfide) groups is 1. The number of rotatable bonds is 13. The maximum atomic E-state index is 12.0. The molecule has 0 aliphatic heterocycles. The Bertz CT molecular complexity index is 751. The molecule has 0 saturated heterocycles. The lowest BCUT2D eigenvalue weighted by Crippen LogP contribution is -2.22. The van der Waals surface area contributed by atoms with Crippen molar-refractivity contribution < 1.29 is 9.53 Å². The number of ether oxygens (including phenoxy) is 1. The summed E-state index contributed by atoms with van der Waals surface area (Å²) >= 11 is 7.81. The molecule has 0 saturated carbocycles. The van der Waals surface area contributed by atoms with Crippen LogP contribution in [0.4, 0.5) is 0 Å². The first-order valence-corrected chi connectivity index (χ1v) is 12.3. The average Bonchev–Trinajstić information content (AvgIpc) is 2.73. The summed E-state index contributed by atoms with van der Waals surface area (Å²) in [7, 11) is 0. The number of carbonyl (C=O) groups is 1. The van der Waals surface area contributed by atoms with Crippen LogP contribution < -0.4 is 4.74 Å². The highest BCUT2D eigenvalue weighted by atomic mass is 35.5. The van der Waals surface area contributed by atoms with Gasteiger partial charge in [0.25, 0.3) is 0 Å². The topological polar surface area (TPSA) is 52.1 Å². The van der Waals surface area contributed by atoms with E-state index < -0.39 is 11.3 Å². The summed E-state index contributed by atoms with van der Waals surface area (Å²) in [6, 6.07) is 7.34. The third kappa shape index (κ3) is 9.05. The molecule has 0 radical (unpaired) electrons. The summed E-state index contributed by atoms with van der Waals surface area (Å²) in [5.74, 6) is 1.48. The van der Waals surface area contributed by atoms with Gasteiger partial charge in [-0.15, -0.1) is 11.6 Å². The predicted octanol–water partition coefficient (Wildman–Crippen LogP) is 7.16. The standard InChI is InChI=1S/C24H33ClN2O2S/c1-4-5-6-7-8-9-14-30-24-26-16-20(17-27-24)19-10-12-21(13-11-19)29-23(28)22(25)15-18(2)3/h10-13,16-18,22H,4-9,14-15H2,1-3H3/t22-/m0/s1. The van der Waals surface area contributed by atoms with Gasteiger partial charge in [-0.1, -0.05) is 76.8 Å². The smallest absolute Gasteiger partial charge is 0.329 e. The third-order valence-electron chi connectivity index (χ3n) is 4.70. The minimum Gasteiger partial charge on any atom is -0.425 e. The fourth-order valence-corrected chi connectivity index (χ4v) is 4.18. The van der Waals surface area contributed by atoms with E-state index in [0.717, 1.165) is 22.0 Å². The van der Waals surface area contributed by atoms with Crippen LogP contribution in [-0.4, -0.2) is 27.1 Å². The lowest BCUT2D eigenvalue weighted by atomic mass is 10.1. The predicted molar refractivity (Wildman–Crippen MR) is 126 cm³/mol. The Hall–Kier alpha value is -1.59. The largest absolute Gasteiger partial charge is 0.425 e. The summed E-state index contributed by atoms with van der Waals surface area (Å²) in [5, 5.41) is 0.190. The number of nitrogens with zero attached hydrogens (tertiary/aromatic N) is 2. The summed E-state index contributed by atoms with van der Waals surface area (Å²) in [4.78, 5) is 21.0. The average molecular weight is 449 g/mol. The summed E-state index contributed by atoms with van der Waals surface area (Å²) < 4.78 is 5.37. The molecule has 1 aromatic carbocycles. The highest BCUT2D eigenvalue weighted by Crippen LogP contribution is 2.24. The maximum Gasteiger partial charge on any atom is 0.329 e. The molecule has 2 rings (SSSR count). The molecule has 0 amide bonds. The molecule has 0 unspecified atom stereocenters. The van der Waals surface area contributed by atoms with Crippen molar-refractivity contribution in [1.82, 2.24) is 9.97 Å². The SMILES string of the molecule is CCCCCCCCSc1ncc(-c2ccc(OC(=O)[C@@H](Cl)CC(C)C)cc2)cn1. The van der Waals surface area contributed by atoms with Crippen molar-refractivity contribution >= 4 is 29.3 Å². The van der Waals surface area contributed by atoms with Crippen molar-refractivity contribution in [3.05, 3.63) is 36.7 Å². The Morgan fingerprint density at radius 2 is 1.63 bits per heavy atom. The van der Waals surface area contributed by atoms with Crippen molar-refractivity contribution in [2.75, 3.05) is 5.75 Å². The van der Waals surface area contributed by atoms with Gasteiger partial charge in [-0.2, -0.15) is 0 Å². The van der Waals surface area contributed by atoms with Gasteiger partial charge >= 0.3 is 5.97 Å². The number of esters is 1. The van der Waals surface area contributed by atoms with E-state index in [1.54, 1.807) is 23.9 Å². The van der Waals surface area contributed by atoms with Crippen LogP contribution >= 0.6 is 23.4 Å². The van der Waals surface area contributed by atoms with E-state index in [1.807, 2.05) is 38.4 Å². The van der Waals surface area contributed by atoms with Crippen LogP contribution in [-0.2, 0) is 4.79 Å². The van der Waals surface area contributed by atoms with Crippen LogP contribution in [0.5, 0.6) is 5.75 Å². The van der Waals surface area contributed by atoms with Crippen molar-refractivity contribution in [1.29, 1.82) is 0 Å². The molecule has 0 spiro atoms. The van der Waals surface area contributed by atoms with Crippen molar-refractivity contribution in [2.24, 2.45) is 5.92 Å². The van der Waals surface area contributed by atoms with Crippen molar-refractivity contribution in [2.45, 2.75) is 76.3 Å². The van der Waals surface area contributed by atoms with Gasteiger partial charge < -0.3 is 4.74 Å². The normalized spacial score (nSPS) is 12.2. The van der Waals surface area contributed by atoms with E-state index in [2.05, 4.69) is 16.9 Å². The van der Waals surface area contributed by atoms with Crippen molar-refractivity contribution in [3.8, 4) is 16.9 Å². The molecular weight excluding hydrogens is 416 g/mol. The molecule has 30 heavy (non-hydrogen) atoms. The Kier molecular flexibility index (Phi) is 11.2. The molecule has 0 fully saturated rings. The molecule has 0 aliphatic carbocycles. The van der Waals surface area contributed by atoms with Gasteiger partial charge in [-0.25, -0.2) is 9.97 Å². The number of aromatic nitrogens is 2. The maximum absolute atomic E-state index is 12.0. The van der Waals surface area contributed by atoms with Crippen LogP contribution in [0.15, 0.2) is 41.8 Å². The van der Waals surface area contributed by atoms with Gasteiger partial charge in [0.15, 0.2) is 5.16 Å². The van der Waals surface area contributed by atoms with Gasteiger partial charge in [0, 0.05) is 23.7 Å². The second kappa shape index (κ2) is 13.7. The molecule has 0 bridgehead atoms. The molecule has 1 atom stereocenters. The highest BCUT2D eigenvalue weighted by molar-refractivity contribution is 7.99. The van der Waals surface area contributed by atoms with Crippen LogP contribution in [0, 0.1) is 5.92 Å². The zero-order valence-corrected chi connectivity index (χ0v) is 19.8. The highest BCUT2D eigenvalue weighted by Gasteiger charge is 2.19. The lowest BCUT2D eigenvalue weighted by Gasteiger charge is -2.11. The van der Waals surface area contributed by atoms with Crippen LogP contribution in [0.25, 0.3) is 11.1 Å². The zero-order chi connectivity index (χ0) is 21.8. The molecular formula is C24H33ClN2O2S. The van der Waals surface area contributed by atoms with E-state index in [-0.39, 0.29) is 0 Å².